The van der Waals surface area contributed by atoms with Crippen molar-refractivity contribution >= 4 is 32.7 Å². The lowest BCUT2D eigenvalue weighted by Crippen LogP contribution is -2.03. The van der Waals surface area contributed by atoms with Gasteiger partial charge in [0, 0.05) is 5.39 Å². The number of rotatable bonds is 0. The van der Waals surface area contributed by atoms with Gasteiger partial charge in [0.25, 0.3) is 0 Å². The van der Waals surface area contributed by atoms with Gasteiger partial charge < -0.3 is 23.4 Å². The van der Waals surface area contributed by atoms with Gasteiger partial charge in [-0.2, -0.15) is 0 Å². The first-order valence-electron chi connectivity index (χ1n) is 7.82. The molecule has 3 heterocycles. The maximum Gasteiger partial charge on any atom is 0.231 e. The Morgan fingerprint density at radius 2 is 1.44 bits per heavy atom. The highest BCUT2D eigenvalue weighted by Gasteiger charge is 2.24. The highest BCUT2D eigenvalue weighted by molar-refractivity contribution is 6.12. The van der Waals surface area contributed by atoms with Crippen molar-refractivity contribution in [3.63, 3.8) is 0 Å². The summed E-state index contributed by atoms with van der Waals surface area (Å²) >= 11 is 0. The Kier molecular flexibility index (Phi) is 2.26. The SMILES string of the molecule is O=c1c2ccc3c(c2oc2ccc4ccc5c(c4c12)OCO5)OCO3. The second kappa shape index (κ2) is 4.36. The van der Waals surface area contributed by atoms with Gasteiger partial charge in [0.1, 0.15) is 5.58 Å². The Hall–Kier alpha value is -3.41. The van der Waals surface area contributed by atoms with Gasteiger partial charge in [0.05, 0.1) is 10.8 Å². The Balaban J connectivity index is 1.86. The molecule has 0 N–H and O–H groups in total. The van der Waals surface area contributed by atoms with Crippen LogP contribution in [0.1, 0.15) is 0 Å². The van der Waals surface area contributed by atoms with Crippen molar-refractivity contribution in [2.24, 2.45) is 0 Å². The number of ether oxygens (including phenoxy) is 4. The van der Waals surface area contributed by atoms with Gasteiger partial charge in [-0.15, -0.1) is 0 Å². The first-order chi connectivity index (χ1) is 12.3. The van der Waals surface area contributed by atoms with Crippen LogP contribution in [0, 0.1) is 0 Å². The first kappa shape index (κ1) is 12.9. The van der Waals surface area contributed by atoms with Gasteiger partial charge in [-0.1, -0.05) is 12.1 Å². The molecule has 0 fully saturated rings. The second-order valence-electron chi connectivity index (χ2n) is 5.94. The van der Waals surface area contributed by atoms with E-state index in [0.29, 0.717) is 50.3 Å². The van der Waals surface area contributed by atoms with Crippen molar-refractivity contribution in [2.75, 3.05) is 13.6 Å². The molecule has 0 aliphatic carbocycles. The minimum Gasteiger partial charge on any atom is -0.454 e. The molecule has 0 spiro atoms. The zero-order chi connectivity index (χ0) is 16.5. The lowest BCUT2D eigenvalue weighted by atomic mass is 10.0. The van der Waals surface area contributed by atoms with E-state index in [1.165, 1.54) is 0 Å². The van der Waals surface area contributed by atoms with E-state index >= 15 is 0 Å². The van der Waals surface area contributed by atoms with Crippen LogP contribution in [0.4, 0.5) is 0 Å². The maximum absolute atomic E-state index is 13.2. The van der Waals surface area contributed by atoms with Crippen molar-refractivity contribution in [3.8, 4) is 23.0 Å². The van der Waals surface area contributed by atoms with Crippen molar-refractivity contribution in [3.05, 3.63) is 46.6 Å². The molecule has 0 radical (unpaired) electrons. The van der Waals surface area contributed by atoms with Crippen molar-refractivity contribution in [2.45, 2.75) is 0 Å². The van der Waals surface area contributed by atoms with E-state index in [1.54, 1.807) is 18.2 Å². The quantitative estimate of drug-likeness (QED) is 0.362. The van der Waals surface area contributed by atoms with Gasteiger partial charge >= 0.3 is 0 Å². The average molecular weight is 334 g/mol. The maximum atomic E-state index is 13.2. The minimum atomic E-state index is -0.135. The molecule has 6 nitrogen and oxygen atoms in total. The van der Waals surface area contributed by atoms with Crippen LogP contribution in [-0.4, -0.2) is 13.6 Å². The average Bonchev–Trinajstić information content (AvgIpc) is 3.30. The fourth-order valence-corrected chi connectivity index (χ4v) is 3.54. The fourth-order valence-electron chi connectivity index (χ4n) is 3.54. The van der Waals surface area contributed by atoms with Crippen LogP contribution >= 0.6 is 0 Å². The summed E-state index contributed by atoms with van der Waals surface area (Å²) in [6.07, 6.45) is 0. The van der Waals surface area contributed by atoms with Crippen molar-refractivity contribution < 1.29 is 23.4 Å². The first-order valence-corrected chi connectivity index (χ1v) is 7.82. The topological polar surface area (TPSA) is 67.1 Å². The second-order valence-corrected chi connectivity index (χ2v) is 5.94. The number of fused-ring (bicyclic) bond motifs is 8. The van der Waals surface area contributed by atoms with E-state index in [4.69, 9.17) is 23.4 Å². The van der Waals surface area contributed by atoms with Gasteiger partial charge in [0.15, 0.2) is 22.8 Å². The fraction of sp³-hybridized carbons (Fsp3) is 0.105. The smallest absolute Gasteiger partial charge is 0.231 e. The molecule has 0 unspecified atom stereocenters. The third-order valence-electron chi connectivity index (χ3n) is 4.66. The van der Waals surface area contributed by atoms with Crippen LogP contribution in [-0.2, 0) is 0 Å². The molecule has 1 aromatic heterocycles. The van der Waals surface area contributed by atoms with Crippen LogP contribution in [0.25, 0.3) is 32.7 Å². The molecule has 0 saturated heterocycles. The summed E-state index contributed by atoms with van der Waals surface area (Å²) in [6, 6.07) is 10.9. The van der Waals surface area contributed by atoms with E-state index in [1.807, 2.05) is 18.2 Å². The summed E-state index contributed by atoms with van der Waals surface area (Å²) in [5.41, 5.74) is 0.735. The monoisotopic (exact) mass is 334 g/mol. The van der Waals surface area contributed by atoms with E-state index in [9.17, 15) is 4.79 Å². The van der Waals surface area contributed by atoms with Gasteiger partial charge in [0.2, 0.25) is 24.8 Å². The standard InChI is InChI=1S/C19H10O6/c20-16-10-3-6-13-19(24-8-22-13)17(10)25-11-4-1-9-2-5-12-18(23-7-21-12)14(9)15(11)16/h1-6H,7-8H2. The van der Waals surface area contributed by atoms with Crippen LogP contribution < -0.4 is 24.4 Å². The van der Waals surface area contributed by atoms with E-state index < -0.39 is 0 Å². The molecule has 122 valence electrons. The molecule has 3 aromatic carbocycles. The molecular weight excluding hydrogens is 324 g/mol. The van der Waals surface area contributed by atoms with Crippen LogP contribution in [0.2, 0.25) is 0 Å². The lowest BCUT2D eigenvalue weighted by molar-refractivity contribution is 0.174. The Labute approximate surface area is 140 Å². The van der Waals surface area contributed by atoms with Crippen molar-refractivity contribution in [1.82, 2.24) is 0 Å². The third kappa shape index (κ3) is 1.56. The summed E-state index contributed by atoms with van der Waals surface area (Å²) < 4.78 is 27.9. The zero-order valence-electron chi connectivity index (χ0n) is 12.8. The van der Waals surface area contributed by atoms with E-state index in [0.717, 1.165) is 5.39 Å². The predicted octanol–water partition coefficient (Wildman–Crippen LogP) is 3.56. The molecule has 0 atom stereocenters. The molecule has 0 saturated carbocycles. The number of hydrogen-bond donors (Lipinski definition) is 0. The molecule has 2 aliphatic heterocycles. The minimum absolute atomic E-state index is 0.118. The summed E-state index contributed by atoms with van der Waals surface area (Å²) in [4.78, 5) is 13.2. The van der Waals surface area contributed by atoms with Crippen LogP contribution in [0.5, 0.6) is 23.0 Å². The number of hydrogen-bond acceptors (Lipinski definition) is 6. The normalized spacial score (nSPS) is 14.7. The van der Waals surface area contributed by atoms with Gasteiger partial charge in [-0.25, -0.2) is 0 Å². The van der Waals surface area contributed by atoms with Crippen molar-refractivity contribution in [1.29, 1.82) is 0 Å². The lowest BCUT2D eigenvalue weighted by Gasteiger charge is -2.08. The highest BCUT2D eigenvalue weighted by Crippen LogP contribution is 2.44. The largest absolute Gasteiger partial charge is 0.454 e. The molecule has 0 amide bonds. The molecule has 2 aliphatic rings. The molecule has 6 rings (SSSR count). The van der Waals surface area contributed by atoms with Crippen LogP contribution in [0.3, 0.4) is 0 Å². The summed E-state index contributed by atoms with van der Waals surface area (Å²) in [6.45, 7) is 0.259. The molecular formula is C19H10O6. The Morgan fingerprint density at radius 3 is 2.32 bits per heavy atom. The summed E-state index contributed by atoms with van der Waals surface area (Å²) in [5, 5.41) is 2.52. The number of benzene rings is 3. The predicted molar refractivity (Wildman–Crippen MR) is 89.7 cm³/mol. The van der Waals surface area contributed by atoms with Gasteiger partial charge in [-0.3, -0.25) is 4.79 Å². The summed E-state index contributed by atoms with van der Waals surface area (Å²) in [7, 11) is 0. The highest BCUT2D eigenvalue weighted by atomic mass is 16.7. The van der Waals surface area contributed by atoms with E-state index in [2.05, 4.69) is 0 Å². The van der Waals surface area contributed by atoms with Crippen LogP contribution in [0.15, 0.2) is 45.6 Å². The van der Waals surface area contributed by atoms with E-state index in [-0.39, 0.29) is 19.0 Å². The van der Waals surface area contributed by atoms with Gasteiger partial charge in [-0.05, 0) is 29.7 Å². The Bertz CT molecular complexity index is 1270. The molecule has 0 bridgehead atoms. The molecule has 6 heteroatoms. The Morgan fingerprint density at radius 1 is 0.720 bits per heavy atom. The molecule has 25 heavy (non-hydrogen) atoms. The third-order valence-corrected chi connectivity index (χ3v) is 4.66. The zero-order valence-corrected chi connectivity index (χ0v) is 12.8. The molecule has 4 aromatic rings. The summed E-state index contributed by atoms with van der Waals surface area (Å²) in [5.74, 6) is 2.25.